The van der Waals surface area contributed by atoms with Crippen molar-refractivity contribution in [2.75, 3.05) is 38.7 Å². The van der Waals surface area contributed by atoms with Gasteiger partial charge in [-0.3, -0.25) is 9.59 Å². The molecule has 0 aromatic carbocycles. The molecule has 1 heterocycles. The van der Waals surface area contributed by atoms with E-state index in [4.69, 9.17) is 0 Å². The summed E-state index contributed by atoms with van der Waals surface area (Å²) in [6.07, 6.45) is 0. The molecule has 0 bridgehead atoms. The maximum absolute atomic E-state index is 11.8. The van der Waals surface area contributed by atoms with Crippen molar-refractivity contribution in [2.24, 2.45) is 0 Å². The fourth-order valence-electron chi connectivity index (χ4n) is 1.36. The first kappa shape index (κ1) is 12.3. The fraction of sp³-hybridized carbons (Fsp3) is 0.778. The molecule has 0 saturated carbocycles. The predicted molar refractivity (Wildman–Crippen MR) is 60.8 cm³/mol. The molecule has 1 unspecified atom stereocenters. The van der Waals surface area contributed by atoms with Crippen molar-refractivity contribution in [2.45, 2.75) is 6.04 Å². The highest BCUT2D eigenvalue weighted by atomic mass is 32.2. The number of thioether (sulfide) groups is 1. The minimum Gasteiger partial charge on any atom is -0.358 e. The lowest BCUT2D eigenvalue weighted by molar-refractivity contribution is -0.135. The van der Waals surface area contributed by atoms with Crippen LogP contribution in [0, 0.1) is 0 Å². The van der Waals surface area contributed by atoms with Gasteiger partial charge in [0, 0.05) is 32.1 Å². The lowest BCUT2D eigenvalue weighted by Crippen LogP contribution is -2.51. The molecule has 86 valence electrons. The summed E-state index contributed by atoms with van der Waals surface area (Å²) in [5.41, 5.74) is 0. The maximum atomic E-state index is 11.8. The molecular formula is C9H17N3O2S. The smallest absolute Gasteiger partial charge is 0.240 e. The van der Waals surface area contributed by atoms with Gasteiger partial charge in [0.15, 0.2) is 0 Å². The second-order valence-electron chi connectivity index (χ2n) is 3.45. The largest absolute Gasteiger partial charge is 0.358 e. The average Bonchev–Trinajstić information content (AvgIpc) is 2.29. The third kappa shape index (κ3) is 3.71. The summed E-state index contributed by atoms with van der Waals surface area (Å²) in [6, 6.07) is -0.140. The van der Waals surface area contributed by atoms with Crippen LogP contribution in [0.2, 0.25) is 0 Å². The van der Waals surface area contributed by atoms with Crippen LogP contribution in [0.4, 0.5) is 0 Å². The number of carbonyl (C=O) groups excluding carboxylic acids is 2. The van der Waals surface area contributed by atoms with Crippen LogP contribution in [0.5, 0.6) is 0 Å². The van der Waals surface area contributed by atoms with E-state index >= 15 is 0 Å². The Labute approximate surface area is 94.0 Å². The van der Waals surface area contributed by atoms with Crippen molar-refractivity contribution in [3.63, 3.8) is 0 Å². The van der Waals surface area contributed by atoms with Crippen molar-refractivity contribution >= 4 is 23.6 Å². The number of likely N-dealkylation sites (N-methyl/N-ethyl adjacent to an activating group) is 2. The molecule has 1 fully saturated rings. The molecule has 0 spiro atoms. The van der Waals surface area contributed by atoms with Gasteiger partial charge in [0.1, 0.15) is 0 Å². The Kier molecular flexibility index (Phi) is 4.90. The van der Waals surface area contributed by atoms with E-state index in [-0.39, 0.29) is 24.4 Å². The maximum Gasteiger partial charge on any atom is 0.240 e. The van der Waals surface area contributed by atoms with Crippen LogP contribution < -0.4 is 10.6 Å². The van der Waals surface area contributed by atoms with Crippen molar-refractivity contribution in [1.29, 1.82) is 0 Å². The van der Waals surface area contributed by atoms with Gasteiger partial charge in [-0.2, -0.15) is 11.8 Å². The zero-order valence-electron chi connectivity index (χ0n) is 9.08. The molecule has 1 aliphatic rings. The monoisotopic (exact) mass is 231 g/mol. The molecule has 1 atom stereocenters. The molecule has 0 aliphatic carbocycles. The molecule has 1 aliphatic heterocycles. The van der Waals surface area contributed by atoms with Crippen LogP contribution in [-0.2, 0) is 9.59 Å². The van der Waals surface area contributed by atoms with Gasteiger partial charge >= 0.3 is 0 Å². The fourth-order valence-corrected chi connectivity index (χ4v) is 2.29. The minimum absolute atomic E-state index is 0.00852. The summed E-state index contributed by atoms with van der Waals surface area (Å²) in [5, 5.41) is 5.64. The Morgan fingerprint density at radius 3 is 2.87 bits per heavy atom. The summed E-state index contributed by atoms with van der Waals surface area (Å²) in [7, 11) is 3.22. The first-order chi connectivity index (χ1) is 7.15. The van der Waals surface area contributed by atoms with E-state index in [2.05, 4.69) is 10.6 Å². The van der Waals surface area contributed by atoms with Crippen LogP contribution in [0.15, 0.2) is 0 Å². The van der Waals surface area contributed by atoms with E-state index in [1.54, 1.807) is 25.9 Å². The Morgan fingerprint density at radius 2 is 2.33 bits per heavy atom. The number of hydrogen-bond acceptors (Lipinski definition) is 4. The summed E-state index contributed by atoms with van der Waals surface area (Å²) in [5.74, 6) is 1.68. The van der Waals surface area contributed by atoms with Crippen LogP contribution in [0.3, 0.4) is 0 Å². The molecule has 1 rings (SSSR count). The number of nitrogens with zero attached hydrogens (tertiary/aromatic N) is 1. The second-order valence-corrected chi connectivity index (χ2v) is 4.60. The Hall–Kier alpha value is -0.750. The molecule has 0 radical (unpaired) electrons. The van der Waals surface area contributed by atoms with Crippen LogP contribution in [-0.4, -0.2) is 61.4 Å². The number of carbonyl (C=O) groups is 2. The number of nitrogens with one attached hydrogen (secondary N) is 2. The molecular weight excluding hydrogens is 214 g/mol. The molecule has 0 aromatic rings. The summed E-state index contributed by atoms with van der Waals surface area (Å²) >= 11 is 1.76. The Bertz CT molecular complexity index is 242. The number of hydrogen-bond donors (Lipinski definition) is 2. The van der Waals surface area contributed by atoms with Crippen molar-refractivity contribution in [3.8, 4) is 0 Å². The van der Waals surface area contributed by atoms with E-state index < -0.39 is 0 Å². The Morgan fingerprint density at radius 1 is 1.60 bits per heavy atom. The molecule has 0 aromatic heterocycles. The van der Waals surface area contributed by atoms with Crippen molar-refractivity contribution in [3.05, 3.63) is 0 Å². The molecule has 15 heavy (non-hydrogen) atoms. The van der Waals surface area contributed by atoms with E-state index in [9.17, 15) is 9.59 Å². The van der Waals surface area contributed by atoms with E-state index in [1.807, 2.05) is 0 Å². The Balaban J connectivity index is 2.40. The average molecular weight is 231 g/mol. The van der Waals surface area contributed by atoms with Gasteiger partial charge < -0.3 is 15.5 Å². The quantitative estimate of drug-likeness (QED) is 0.647. The van der Waals surface area contributed by atoms with Gasteiger partial charge in [-0.25, -0.2) is 0 Å². The minimum atomic E-state index is -0.144. The SMILES string of the molecule is CNC(=O)CN(C)C(=O)C1CSCCN1. The van der Waals surface area contributed by atoms with Gasteiger partial charge in [0.2, 0.25) is 11.8 Å². The highest BCUT2D eigenvalue weighted by Gasteiger charge is 2.24. The summed E-state index contributed by atoms with van der Waals surface area (Å²) < 4.78 is 0. The zero-order valence-corrected chi connectivity index (χ0v) is 9.89. The zero-order chi connectivity index (χ0) is 11.3. The van der Waals surface area contributed by atoms with Gasteiger partial charge in [-0.15, -0.1) is 0 Å². The van der Waals surface area contributed by atoms with Crippen molar-refractivity contribution in [1.82, 2.24) is 15.5 Å². The van der Waals surface area contributed by atoms with Gasteiger partial charge in [0.05, 0.1) is 12.6 Å². The summed E-state index contributed by atoms with van der Waals surface area (Å²) in [6.45, 7) is 0.979. The first-order valence-corrected chi connectivity index (χ1v) is 6.07. The van der Waals surface area contributed by atoms with E-state index in [0.29, 0.717) is 0 Å². The molecule has 6 heteroatoms. The number of rotatable bonds is 3. The first-order valence-electron chi connectivity index (χ1n) is 4.92. The van der Waals surface area contributed by atoms with E-state index in [1.165, 1.54) is 4.90 Å². The predicted octanol–water partition coefficient (Wildman–Crippen LogP) is -1.10. The molecule has 1 saturated heterocycles. The van der Waals surface area contributed by atoms with Gasteiger partial charge in [0.25, 0.3) is 0 Å². The van der Waals surface area contributed by atoms with Gasteiger partial charge in [-0.05, 0) is 0 Å². The number of amides is 2. The third-order valence-corrected chi connectivity index (χ3v) is 3.32. The molecule has 5 nitrogen and oxygen atoms in total. The standard InChI is InChI=1S/C9H17N3O2S/c1-10-8(13)5-12(2)9(14)7-6-15-4-3-11-7/h7,11H,3-6H2,1-2H3,(H,10,13). The van der Waals surface area contributed by atoms with Crippen LogP contribution >= 0.6 is 11.8 Å². The lowest BCUT2D eigenvalue weighted by atomic mass is 10.3. The van der Waals surface area contributed by atoms with Gasteiger partial charge in [-0.1, -0.05) is 0 Å². The molecule has 2 N–H and O–H groups in total. The van der Waals surface area contributed by atoms with E-state index in [0.717, 1.165) is 18.1 Å². The summed E-state index contributed by atoms with van der Waals surface area (Å²) in [4.78, 5) is 24.4. The highest BCUT2D eigenvalue weighted by molar-refractivity contribution is 7.99. The van der Waals surface area contributed by atoms with Crippen molar-refractivity contribution < 1.29 is 9.59 Å². The topological polar surface area (TPSA) is 61.4 Å². The lowest BCUT2D eigenvalue weighted by Gasteiger charge is -2.26. The third-order valence-electron chi connectivity index (χ3n) is 2.26. The second kappa shape index (κ2) is 5.97. The van der Waals surface area contributed by atoms with Crippen LogP contribution in [0.1, 0.15) is 0 Å². The molecule has 2 amide bonds. The normalized spacial score (nSPS) is 20.8. The van der Waals surface area contributed by atoms with Crippen LogP contribution in [0.25, 0.3) is 0 Å². The highest BCUT2D eigenvalue weighted by Crippen LogP contribution is 2.09.